The summed E-state index contributed by atoms with van der Waals surface area (Å²) in [5, 5.41) is 6.39. The van der Waals surface area contributed by atoms with E-state index in [1.165, 1.54) is 11.1 Å². The highest BCUT2D eigenvalue weighted by atomic mass is 32.2. The minimum atomic E-state index is 0.159. The number of carbonyl (C=O) groups is 1. The predicted octanol–water partition coefficient (Wildman–Crippen LogP) is 1.75. The van der Waals surface area contributed by atoms with Crippen LogP contribution in [0, 0.1) is 6.92 Å². The van der Waals surface area contributed by atoms with Gasteiger partial charge < -0.3 is 10.6 Å². The average molecular weight is 278 g/mol. The van der Waals surface area contributed by atoms with Crippen LogP contribution in [0.4, 0.5) is 0 Å². The first-order chi connectivity index (χ1) is 9.24. The van der Waals surface area contributed by atoms with E-state index in [2.05, 4.69) is 41.8 Å². The van der Waals surface area contributed by atoms with Gasteiger partial charge in [0.15, 0.2) is 0 Å². The van der Waals surface area contributed by atoms with Gasteiger partial charge in [0.1, 0.15) is 0 Å². The Morgan fingerprint density at radius 2 is 2.21 bits per heavy atom. The molecule has 1 unspecified atom stereocenters. The van der Waals surface area contributed by atoms with E-state index >= 15 is 0 Å². The summed E-state index contributed by atoms with van der Waals surface area (Å²) in [5.41, 5.74) is 2.55. The zero-order valence-corrected chi connectivity index (χ0v) is 12.3. The zero-order valence-electron chi connectivity index (χ0n) is 11.4. The summed E-state index contributed by atoms with van der Waals surface area (Å²) in [6.45, 7) is 3.83. The molecular formula is C15H22N2OS. The van der Waals surface area contributed by atoms with Gasteiger partial charge in [0.25, 0.3) is 0 Å². The van der Waals surface area contributed by atoms with E-state index in [0.717, 1.165) is 31.0 Å². The molecular weight excluding hydrogens is 256 g/mol. The highest BCUT2D eigenvalue weighted by Gasteiger charge is 2.16. The molecule has 0 bridgehead atoms. The highest BCUT2D eigenvalue weighted by Crippen LogP contribution is 2.10. The minimum absolute atomic E-state index is 0.159. The Hall–Kier alpha value is -1.00. The highest BCUT2D eigenvalue weighted by molar-refractivity contribution is 7.99. The summed E-state index contributed by atoms with van der Waals surface area (Å²) in [5.74, 6) is 2.36. The number of amides is 1. The number of hydrogen-bond acceptors (Lipinski definition) is 3. The van der Waals surface area contributed by atoms with Gasteiger partial charge in [-0.15, -0.1) is 0 Å². The van der Waals surface area contributed by atoms with Crippen molar-refractivity contribution in [3.63, 3.8) is 0 Å². The number of benzene rings is 1. The van der Waals surface area contributed by atoms with E-state index in [-0.39, 0.29) is 5.91 Å². The van der Waals surface area contributed by atoms with Crippen molar-refractivity contribution in [2.45, 2.75) is 25.8 Å². The van der Waals surface area contributed by atoms with Crippen molar-refractivity contribution < 1.29 is 4.79 Å². The summed E-state index contributed by atoms with van der Waals surface area (Å²) >= 11 is 1.92. The van der Waals surface area contributed by atoms with Gasteiger partial charge in [-0.2, -0.15) is 11.8 Å². The Balaban J connectivity index is 1.64. The molecule has 0 aromatic heterocycles. The SMILES string of the molecule is Cc1ccc(CCNC(=O)CC2CSCCN2)cc1. The zero-order chi connectivity index (χ0) is 13.5. The molecule has 2 N–H and O–H groups in total. The van der Waals surface area contributed by atoms with Crippen LogP contribution in [0.2, 0.25) is 0 Å². The number of hydrogen-bond donors (Lipinski definition) is 2. The van der Waals surface area contributed by atoms with Crippen LogP contribution < -0.4 is 10.6 Å². The fourth-order valence-electron chi connectivity index (χ4n) is 2.15. The summed E-state index contributed by atoms with van der Waals surface area (Å²) in [7, 11) is 0. The Morgan fingerprint density at radius 3 is 2.89 bits per heavy atom. The fourth-order valence-corrected chi connectivity index (χ4v) is 3.10. The van der Waals surface area contributed by atoms with Gasteiger partial charge in [0.05, 0.1) is 0 Å². The molecule has 3 nitrogen and oxygen atoms in total. The summed E-state index contributed by atoms with van der Waals surface area (Å²) < 4.78 is 0. The molecule has 4 heteroatoms. The van der Waals surface area contributed by atoms with Crippen LogP contribution in [0.1, 0.15) is 17.5 Å². The molecule has 1 aliphatic heterocycles. The van der Waals surface area contributed by atoms with Gasteiger partial charge in [-0.25, -0.2) is 0 Å². The van der Waals surface area contributed by atoms with Crippen LogP contribution in [0.3, 0.4) is 0 Å². The summed E-state index contributed by atoms with van der Waals surface area (Å²) in [6, 6.07) is 8.82. The molecule has 0 spiro atoms. The van der Waals surface area contributed by atoms with Crippen molar-refractivity contribution in [2.75, 3.05) is 24.6 Å². The molecule has 0 radical (unpaired) electrons. The maximum absolute atomic E-state index is 11.8. The van der Waals surface area contributed by atoms with Gasteiger partial charge in [-0.05, 0) is 18.9 Å². The molecule has 1 amide bonds. The second-order valence-electron chi connectivity index (χ2n) is 5.02. The smallest absolute Gasteiger partial charge is 0.221 e. The van der Waals surface area contributed by atoms with Crippen LogP contribution in [0.15, 0.2) is 24.3 Å². The van der Waals surface area contributed by atoms with Crippen LogP contribution in [-0.2, 0) is 11.2 Å². The van der Waals surface area contributed by atoms with Gasteiger partial charge >= 0.3 is 0 Å². The van der Waals surface area contributed by atoms with E-state index < -0.39 is 0 Å². The first kappa shape index (κ1) is 14.4. The lowest BCUT2D eigenvalue weighted by molar-refractivity contribution is -0.121. The number of nitrogens with one attached hydrogen (secondary N) is 2. The van der Waals surface area contributed by atoms with Crippen LogP contribution in [0.5, 0.6) is 0 Å². The number of carbonyl (C=O) groups excluding carboxylic acids is 1. The third kappa shape index (κ3) is 5.25. The van der Waals surface area contributed by atoms with Crippen LogP contribution in [-0.4, -0.2) is 36.5 Å². The number of aryl methyl sites for hydroxylation is 1. The van der Waals surface area contributed by atoms with E-state index in [1.54, 1.807) is 0 Å². The molecule has 1 aliphatic rings. The monoisotopic (exact) mass is 278 g/mol. The van der Waals surface area contributed by atoms with E-state index in [4.69, 9.17) is 0 Å². The summed E-state index contributed by atoms with van der Waals surface area (Å²) in [4.78, 5) is 11.8. The second kappa shape index (κ2) is 7.56. The standard InChI is InChI=1S/C15H22N2OS/c1-12-2-4-13(5-3-12)6-7-17-15(18)10-14-11-19-9-8-16-14/h2-5,14,16H,6-11H2,1H3,(H,17,18). The maximum atomic E-state index is 11.8. The van der Waals surface area contributed by atoms with Gasteiger partial charge in [0, 0.05) is 37.1 Å². The molecule has 0 saturated carbocycles. The summed E-state index contributed by atoms with van der Waals surface area (Å²) in [6.07, 6.45) is 1.50. The van der Waals surface area contributed by atoms with Gasteiger partial charge in [-0.3, -0.25) is 4.79 Å². The normalized spacial score (nSPS) is 19.1. The Labute approximate surface area is 119 Å². The Morgan fingerprint density at radius 1 is 1.42 bits per heavy atom. The molecule has 1 saturated heterocycles. The van der Waals surface area contributed by atoms with E-state index in [9.17, 15) is 4.79 Å². The van der Waals surface area contributed by atoms with E-state index in [1.807, 2.05) is 11.8 Å². The molecule has 1 atom stereocenters. The van der Waals surface area contributed by atoms with Crippen molar-refractivity contribution in [3.05, 3.63) is 35.4 Å². The maximum Gasteiger partial charge on any atom is 0.221 e. The molecule has 1 aromatic rings. The lowest BCUT2D eigenvalue weighted by Gasteiger charge is -2.22. The van der Waals surface area contributed by atoms with Crippen molar-refractivity contribution >= 4 is 17.7 Å². The van der Waals surface area contributed by atoms with Crippen molar-refractivity contribution in [1.82, 2.24) is 10.6 Å². The lowest BCUT2D eigenvalue weighted by atomic mass is 10.1. The molecule has 1 aromatic carbocycles. The number of thioether (sulfide) groups is 1. The topological polar surface area (TPSA) is 41.1 Å². The molecule has 19 heavy (non-hydrogen) atoms. The van der Waals surface area contributed by atoms with Crippen LogP contribution in [0.25, 0.3) is 0 Å². The van der Waals surface area contributed by atoms with Gasteiger partial charge in [0.2, 0.25) is 5.91 Å². The van der Waals surface area contributed by atoms with Gasteiger partial charge in [-0.1, -0.05) is 29.8 Å². The lowest BCUT2D eigenvalue weighted by Crippen LogP contribution is -2.41. The first-order valence-electron chi connectivity index (χ1n) is 6.87. The second-order valence-corrected chi connectivity index (χ2v) is 6.17. The first-order valence-corrected chi connectivity index (χ1v) is 8.03. The molecule has 2 rings (SSSR count). The Bertz CT molecular complexity index is 399. The number of rotatable bonds is 5. The van der Waals surface area contributed by atoms with E-state index in [0.29, 0.717) is 12.5 Å². The van der Waals surface area contributed by atoms with Crippen LogP contribution >= 0.6 is 11.8 Å². The fraction of sp³-hybridized carbons (Fsp3) is 0.533. The third-order valence-electron chi connectivity index (χ3n) is 3.29. The largest absolute Gasteiger partial charge is 0.356 e. The average Bonchev–Trinajstić information content (AvgIpc) is 2.42. The third-order valence-corrected chi connectivity index (χ3v) is 4.42. The predicted molar refractivity (Wildman–Crippen MR) is 81.6 cm³/mol. The molecule has 1 heterocycles. The molecule has 0 aliphatic carbocycles. The quantitative estimate of drug-likeness (QED) is 0.862. The minimum Gasteiger partial charge on any atom is -0.356 e. The molecule has 1 fully saturated rings. The molecule has 104 valence electrons. The Kier molecular flexibility index (Phi) is 5.73. The van der Waals surface area contributed by atoms with Crippen molar-refractivity contribution in [3.8, 4) is 0 Å². The van der Waals surface area contributed by atoms with Crippen molar-refractivity contribution in [1.29, 1.82) is 0 Å². The van der Waals surface area contributed by atoms with Crippen molar-refractivity contribution in [2.24, 2.45) is 0 Å².